The largest absolute Gasteiger partial charge is 0.573 e. The molecule has 0 atom stereocenters. The Morgan fingerprint density at radius 3 is 2.00 bits per heavy atom. The summed E-state index contributed by atoms with van der Waals surface area (Å²) < 4.78 is 40.8. The molecule has 0 saturated heterocycles. The van der Waals surface area contributed by atoms with Crippen molar-refractivity contribution in [2.24, 2.45) is 17.8 Å². The van der Waals surface area contributed by atoms with E-state index in [1.807, 2.05) is 12.1 Å². The van der Waals surface area contributed by atoms with E-state index >= 15 is 0 Å². The van der Waals surface area contributed by atoms with Crippen molar-refractivity contribution in [2.45, 2.75) is 63.6 Å². The third kappa shape index (κ3) is 6.66. The zero-order valence-corrected chi connectivity index (χ0v) is 16.6. The number of halogens is 3. The van der Waals surface area contributed by atoms with Crippen LogP contribution in [-0.4, -0.2) is 6.36 Å². The minimum Gasteiger partial charge on any atom is -0.406 e. The van der Waals surface area contributed by atoms with Gasteiger partial charge in [-0.2, -0.15) is 5.26 Å². The van der Waals surface area contributed by atoms with Crippen LogP contribution in [0.25, 0.3) is 0 Å². The number of nitriles is 1. The molecule has 29 heavy (non-hydrogen) atoms. The number of alkyl halides is 3. The average molecular weight is 403 g/mol. The first kappa shape index (κ1) is 21.5. The summed E-state index contributed by atoms with van der Waals surface area (Å²) in [5, 5.41) is 8.51. The highest BCUT2D eigenvalue weighted by atomic mass is 19.4. The van der Waals surface area contributed by atoms with E-state index in [0.29, 0.717) is 11.8 Å². The predicted molar refractivity (Wildman–Crippen MR) is 107 cm³/mol. The Morgan fingerprint density at radius 1 is 0.862 bits per heavy atom. The van der Waals surface area contributed by atoms with Crippen LogP contribution in [0, 0.1) is 29.1 Å². The van der Waals surface area contributed by atoms with Crippen molar-refractivity contribution >= 4 is 0 Å². The molecule has 5 heteroatoms. The van der Waals surface area contributed by atoms with E-state index in [2.05, 4.69) is 10.8 Å². The van der Waals surface area contributed by atoms with Crippen molar-refractivity contribution in [1.29, 1.82) is 5.26 Å². The van der Waals surface area contributed by atoms with Crippen molar-refractivity contribution in [3.63, 3.8) is 0 Å². The third-order valence-corrected chi connectivity index (χ3v) is 6.51. The van der Waals surface area contributed by atoms with Crippen LogP contribution in [-0.2, 0) is 0 Å². The van der Waals surface area contributed by atoms with Gasteiger partial charge in [-0.1, -0.05) is 30.4 Å². The first-order valence-electron chi connectivity index (χ1n) is 10.5. The maximum Gasteiger partial charge on any atom is 0.573 e. The topological polar surface area (TPSA) is 33.0 Å². The molecule has 0 unspecified atom stereocenters. The summed E-state index contributed by atoms with van der Waals surface area (Å²) in [6.45, 7) is 0. The highest BCUT2D eigenvalue weighted by molar-refractivity contribution is 5.30. The summed E-state index contributed by atoms with van der Waals surface area (Å²) in [6, 6.07) is 8.42. The molecule has 2 nitrogen and oxygen atoms in total. The zero-order valence-electron chi connectivity index (χ0n) is 16.6. The summed E-state index contributed by atoms with van der Waals surface area (Å²) in [7, 11) is 0. The molecule has 0 spiro atoms. The first-order chi connectivity index (χ1) is 13.9. The molecule has 0 aliphatic heterocycles. The van der Waals surface area contributed by atoms with Crippen molar-refractivity contribution in [3.05, 3.63) is 54.1 Å². The summed E-state index contributed by atoms with van der Waals surface area (Å²) >= 11 is 0. The lowest BCUT2D eigenvalue weighted by Gasteiger charge is -2.37. The van der Waals surface area contributed by atoms with E-state index in [1.165, 1.54) is 56.7 Å². The molecule has 1 aromatic carbocycles. The Bertz CT molecular complexity index is 729. The van der Waals surface area contributed by atoms with Gasteiger partial charge in [-0.15, -0.1) is 13.2 Å². The highest BCUT2D eigenvalue weighted by Gasteiger charge is 2.32. The molecule has 2 fully saturated rings. The van der Waals surface area contributed by atoms with Crippen LogP contribution in [0.2, 0.25) is 0 Å². The molecule has 0 heterocycles. The van der Waals surface area contributed by atoms with Gasteiger partial charge in [-0.25, -0.2) is 0 Å². The van der Waals surface area contributed by atoms with Crippen LogP contribution < -0.4 is 4.74 Å². The quantitative estimate of drug-likeness (QED) is 0.382. The van der Waals surface area contributed by atoms with Gasteiger partial charge >= 0.3 is 6.36 Å². The fourth-order valence-electron chi connectivity index (χ4n) is 4.99. The predicted octanol–water partition coefficient (Wildman–Crippen LogP) is 7.30. The minimum absolute atomic E-state index is 0.149. The van der Waals surface area contributed by atoms with Crippen LogP contribution in [0.1, 0.15) is 62.8 Å². The lowest BCUT2D eigenvalue weighted by atomic mass is 9.68. The molecule has 1 aromatic rings. The van der Waals surface area contributed by atoms with Gasteiger partial charge in [0.1, 0.15) is 5.75 Å². The lowest BCUT2D eigenvalue weighted by molar-refractivity contribution is -0.274. The van der Waals surface area contributed by atoms with Crippen LogP contribution >= 0.6 is 0 Å². The molecule has 0 bridgehead atoms. The third-order valence-electron chi connectivity index (χ3n) is 6.51. The Kier molecular flexibility index (Phi) is 7.41. The van der Waals surface area contributed by atoms with Crippen molar-refractivity contribution in [2.75, 3.05) is 0 Å². The number of rotatable bonds is 5. The van der Waals surface area contributed by atoms with Crippen molar-refractivity contribution in [3.8, 4) is 11.8 Å². The summed E-state index contributed by atoms with van der Waals surface area (Å²) in [5.74, 6) is 2.50. The second-order valence-corrected chi connectivity index (χ2v) is 8.28. The second-order valence-electron chi connectivity index (χ2n) is 8.28. The molecule has 0 amide bonds. The van der Waals surface area contributed by atoms with E-state index < -0.39 is 6.36 Å². The zero-order chi connectivity index (χ0) is 20.7. The monoisotopic (exact) mass is 403 g/mol. The second kappa shape index (κ2) is 10.0. The smallest absolute Gasteiger partial charge is 0.406 e. The fourth-order valence-corrected chi connectivity index (χ4v) is 4.99. The van der Waals surface area contributed by atoms with Crippen LogP contribution in [0.15, 0.2) is 48.6 Å². The Labute approximate surface area is 171 Å². The van der Waals surface area contributed by atoms with Gasteiger partial charge in [0.25, 0.3) is 0 Å². The van der Waals surface area contributed by atoms with Gasteiger partial charge in [-0.3, -0.25) is 0 Å². The summed E-state index contributed by atoms with van der Waals surface area (Å²) in [6.07, 6.45) is 12.5. The average Bonchev–Trinajstić information content (AvgIpc) is 2.71. The van der Waals surface area contributed by atoms with Crippen molar-refractivity contribution in [1.82, 2.24) is 0 Å². The molecule has 0 radical (unpaired) electrons. The molecule has 156 valence electrons. The lowest BCUT2D eigenvalue weighted by Crippen LogP contribution is -2.25. The van der Waals surface area contributed by atoms with Crippen LogP contribution in [0.4, 0.5) is 13.2 Å². The summed E-state index contributed by atoms with van der Waals surface area (Å²) in [4.78, 5) is 0. The minimum atomic E-state index is -4.64. The van der Waals surface area contributed by atoms with Crippen LogP contribution in [0.3, 0.4) is 0 Å². The maximum absolute atomic E-state index is 12.3. The van der Waals surface area contributed by atoms with Gasteiger partial charge < -0.3 is 4.74 Å². The number of allylic oxidation sites excluding steroid dienone is 4. The van der Waals surface area contributed by atoms with Gasteiger partial charge in [0.15, 0.2) is 0 Å². The van der Waals surface area contributed by atoms with Gasteiger partial charge in [0.05, 0.1) is 6.07 Å². The molecular formula is C24H28F3NO. The molecule has 2 aliphatic rings. The van der Waals surface area contributed by atoms with Gasteiger partial charge in [0, 0.05) is 6.08 Å². The number of hydrogen-bond donors (Lipinski definition) is 0. The molecule has 0 aromatic heterocycles. The molecular weight excluding hydrogens is 375 g/mol. The highest BCUT2D eigenvalue weighted by Crippen LogP contribution is 2.44. The van der Waals surface area contributed by atoms with E-state index in [4.69, 9.17) is 5.26 Å². The molecule has 2 saturated carbocycles. The summed E-state index contributed by atoms with van der Waals surface area (Å²) in [5.41, 5.74) is 1.12. The van der Waals surface area contributed by atoms with E-state index in [0.717, 1.165) is 30.2 Å². The van der Waals surface area contributed by atoms with Crippen molar-refractivity contribution < 1.29 is 17.9 Å². The number of ether oxygens (including phenoxy) is 1. The Hall–Kier alpha value is -2.22. The molecule has 0 N–H and O–H groups in total. The maximum atomic E-state index is 12.3. The van der Waals surface area contributed by atoms with E-state index in [9.17, 15) is 13.2 Å². The normalized spacial score (nSPS) is 28.5. The Morgan fingerprint density at radius 2 is 1.45 bits per heavy atom. The van der Waals surface area contributed by atoms with E-state index in [-0.39, 0.29) is 5.75 Å². The standard InChI is InChI=1S/C24H28F3NO/c25-24(26,27)29-23-15-13-22(14-16-23)21-11-9-20(10-12-21)19-7-5-18(6-8-19)4-2-1-3-17-28/h1-4,13-16,18-21H,5-12H2/t18-,19-,20-,21-. The molecule has 2 aliphatic carbocycles. The number of benzene rings is 1. The molecule has 3 rings (SSSR count). The van der Waals surface area contributed by atoms with Crippen LogP contribution in [0.5, 0.6) is 5.75 Å². The first-order valence-corrected chi connectivity index (χ1v) is 10.5. The SMILES string of the molecule is N#CC=CC=C[C@H]1CC[C@H]([C@H]2CC[C@H](c3ccc(OC(F)(F)F)cc3)CC2)CC1. The fraction of sp³-hybridized carbons (Fsp3) is 0.542. The van der Waals surface area contributed by atoms with Gasteiger partial charge in [0.2, 0.25) is 0 Å². The van der Waals surface area contributed by atoms with Gasteiger partial charge in [-0.05, 0) is 92.7 Å². The Balaban J connectivity index is 1.43. The van der Waals surface area contributed by atoms with E-state index in [1.54, 1.807) is 18.2 Å². The number of nitrogens with zero attached hydrogens (tertiary/aromatic N) is 1. The number of hydrogen-bond acceptors (Lipinski definition) is 2.